The van der Waals surface area contributed by atoms with E-state index in [0.29, 0.717) is 6.20 Å². The maximum atomic E-state index is 13.8. The zero-order valence-electron chi connectivity index (χ0n) is 10.3. The average Bonchev–Trinajstić information content (AvgIpc) is 2.70. The molecule has 0 atom stereocenters. The summed E-state index contributed by atoms with van der Waals surface area (Å²) >= 11 is 0. The van der Waals surface area contributed by atoms with Gasteiger partial charge in [-0.3, -0.25) is 0 Å². The normalized spacial score (nSPS) is 11.9. The summed E-state index contributed by atoms with van der Waals surface area (Å²) in [7, 11) is 1.23. The van der Waals surface area contributed by atoms with Gasteiger partial charge in [-0.25, -0.2) is 13.8 Å². The summed E-state index contributed by atoms with van der Waals surface area (Å²) in [6.45, 7) is -0.0809. The van der Waals surface area contributed by atoms with E-state index in [1.54, 1.807) is 0 Å². The Labute approximate surface area is 110 Å². The first-order valence-corrected chi connectivity index (χ1v) is 5.53. The lowest BCUT2D eigenvalue weighted by atomic mass is 10.1. The summed E-state index contributed by atoms with van der Waals surface area (Å²) in [6, 6.07) is 1.95. The number of aryl methyl sites for hydroxylation is 1. The van der Waals surface area contributed by atoms with Gasteiger partial charge in [0.05, 0.1) is 5.56 Å². The fourth-order valence-corrected chi connectivity index (χ4v) is 1.79. The largest absolute Gasteiger partial charge is 0.434 e. The van der Waals surface area contributed by atoms with Gasteiger partial charge in [-0.05, 0) is 17.7 Å². The molecule has 0 fully saturated rings. The summed E-state index contributed by atoms with van der Waals surface area (Å²) < 4.78 is 66.2. The predicted molar refractivity (Wildman–Crippen MR) is 61.5 cm³/mol. The minimum Gasteiger partial charge on any atom is -0.333 e. The molecule has 1 aromatic carbocycles. The summed E-state index contributed by atoms with van der Waals surface area (Å²) in [5, 5.41) is 0. The summed E-state index contributed by atoms with van der Waals surface area (Å²) in [5.74, 6) is -2.45. The fourth-order valence-electron chi connectivity index (χ4n) is 1.79. The standard InChI is InChI=1S/C12H10F5N3/c1-20-5-9(12(15,16)17)19-11(20)10-7(13)2-6(4-18)3-8(10)14/h2-3,5H,4,18H2,1H3. The van der Waals surface area contributed by atoms with Crippen molar-refractivity contribution < 1.29 is 22.0 Å². The van der Waals surface area contributed by atoms with Crippen LogP contribution in [0.5, 0.6) is 0 Å². The molecule has 0 saturated carbocycles. The van der Waals surface area contributed by atoms with E-state index in [1.807, 2.05) is 0 Å². The SMILES string of the molecule is Cn1cc(C(F)(F)F)nc1-c1c(F)cc(CN)cc1F. The monoisotopic (exact) mass is 291 g/mol. The van der Waals surface area contributed by atoms with Gasteiger partial charge in [0.15, 0.2) is 5.69 Å². The second-order valence-corrected chi connectivity index (χ2v) is 4.20. The number of benzene rings is 1. The van der Waals surface area contributed by atoms with Crippen LogP contribution >= 0.6 is 0 Å². The van der Waals surface area contributed by atoms with E-state index in [-0.39, 0.29) is 12.1 Å². The highest BCUT2D eigenvalue weighted by molar-refractivity contribution is 5.59. The van der Waals surface area contributed by atoms with Gasteiger partial charge in [-0.1, -0.05) is 0 Å². The van der Waals surface area contributed by atoms with Gasteiger partial charge in [0.25, 0.3) is 0 Å². The van der Waals surface area contributed by atoms with Crippen molar-refractivity contribution in [2.75, 3.05) is 0 Å². The lowest BCUT2D eigenvalue weighted by molar-refractivity contribution is -0.140. The van der Waals surface area contributed by atoms with E-state index in [9.17, 15) is 22.0 Å². The Morgan fingerprint density at radius 3 is 2.15 bits per heavy atom. The third-order valence-corrected chi connectivity index (χ3v) is 2.73. The minimum absolute atomic E-state index is 0.0809. The Morgan fingerprint density at radius 1 is 1.20 bits per heavy atom. The molecule has 2 N–H and O–H groups in total. The molecule has 1 heterocycles. The van der Waals surface area contributed by atoms with E-state index in [0.717, 1.165) is 16.7 Å². The molecule has 2 aromatic rings. The summed E-state index contributed by atoms with van der Waals surface area (Å²) in [6.07, 6.45) is -4.01. The van der Waals surface area contributed by atoms with Crippen LogP contribution in [0, 0.1) is 11.6 Å². The van der Waals surface area contributed by atoms with Crippen LogP contribution in [-0.2, 0) is 19.8 Å². The van der Waals surface area contributed by atoms with Crippen molar-refractivity contribution in [3.8, 4) is 11.4 Å². The summed E-state index contributed by atoms with van der Waals surface area (Å²) in [5.41, 5.74) is 3.64. The van der Waals surface area contributed by atoms with Gasteiger partial charge in [0.1, 0.15) is 17.5 Å². The van der Waals surface area contributed by atoms with Crippen LogP contribution in [0.4, 0.5) is 22.0 Å². The Bertz CT molecular complexity index is 622. The maximum absolute atomic E-state index is 13.8. The highest BCUT2D eigenvalue weighted by atomic mass is 19.4. The molecule has 3 nitrogen and oxygen atoms in total. The molecule has 108 valence electrons. The third-order valence-electron chi connectivity index (χ3n) is 2.73. The number of hydrogen-bond acceptors (Lipinski definition) is 2. The third kappa shape index (κ3) is 2.51. The molecular weight excluding hydrogens is 281 g/mol. The van der Waals surface area contributed by atoms with Crippen molar-refractivity contribution in [2.24, 2.45) is 12.8 Å². The quantitative estimate of drug-likeness (QED) is 0.865. The molecule has 0 aliphatic carbocycles. The van der Waals surface area contributed by atoms with Crippen LogP contribution in [0.3, 0.4) is 0 Å². The van der Waals surface area contributed by atoms with Crippen molar-refractivity contribution >= 4 is 0 Å². The number of imidazole rings is 1. The fraction of sp³-hybridized carbons (Fsp3) is 0.250. The van der Waals surface area contributed by atoms with Crippen LogP contribution in [0.2, 0.25) is 0 Å². The molecule has 1 aromatic heterocycles. The highest BCUT2D eigenvalue weighted by Crippen LogP contribution is 2.32. The van der Waals surface area contributed by atoms with Gasteiger partial charge in [-0.15, -0.1) is 0 Å². The molecule has 0 saturated heterocycles. The van der Waals surface area contributed by atoms with Crippen molar-refractivity contribution in [1.82, 2.24) is 9.55 Å². The van der Waals surface area contributed by atoms with E-state index >= 15 is 0 Å². The molecule has 20 heavy (non-hydrogen) atoms. The topological polar surface area (TPSA) is 43.8 Å². The number of aromatic nitrogens is 2. The van der Waals surface area contributed by atoms with Gasteiger partial charge >= 0.3 is 6.18 Å². The van der Waals surface area contributed by atoms with Crippen molar-refractivity contribution in [3.05, 3.63) is 41.2 Å². The molecular formula is C12H10F5N3. The number of nitrogens with two attached hydrogens (primary N) is 1. The molecule has 0 unspecified atom stereocenters. The minimum atomic E-state index is -4.68. The van der Waals surface area contributed by atoms with Crippen molar-refractivity contribution in [2.45, 2.75) is 12.7 Å². The Kier molecular flexibility index (Phi) is 3.51. The Balaban J connectivity index is 2.61. The number of nitrogens with zero attached hydrogens (tertiary/aromatic N) is 2. The first-order valence-electron chi connectivity index (χ1n) is 5.53. The smallest absolute Gasteiger partial charge is 0.333 e. The predicted octanol–water partition coefficient (Wildman–Crippen LogP) is 2.84. The molecule has 0 radical (unpaired) electrons. The maximum Gasteiger partial charge on any atom is 0.434 e. The molecule has 0 bridgehead atoms. The van der Waals surface area contributed by atoms with Crippen LogP contribution in [0.25, 0.3) is 11.4 Å². The summed E-state index contributed by atoms with van der Waals surface area (Å²) in [4.78, 5) is 3.26. The molecule has 8 heteroatoms. The van der Waals surface area contributed by atoms with E-state index < -0.39 is 34.9 Å². The van der Waals surface area contributed by atoms with Crippen LogP contribution in [0.15, 0.2) is 18.3 Å². The molecule has 0 amide bonds. The molecule has 0 aliphatic heterocycles. The van der Waals surface area contributed by atoms with E-state index in [4.69, 9.17) is 5.73 Å². The second-order valence-electron chi connectivity index (χ2n) is 4.20. The first-order chi connectivity index (χ1) is 9.24. The first kappa shape index (κ1) is 14.4. The van der Waals surface area contributed by atoms with E-state index in [2.05, 4.69) is 4.98 Å². The zero-order chi connectivity index (χ0) is 15.1. The Hall–Kier alpha value is -1.96. The van der Waals surface area contributed by atoms with Crippen LogP contribution in [0.1, 0.15) is 11.3 Å². The van der Waals surface area contributed by atoms with Gasteiger partial charge in [-0.2, -0.15) is 13.2 Å². The zero-order valence-corrected chi connectivity index (χ0v) is 10.3. The second kappa shape index (κ2) is 4.86. The lowest BCUT2D eigenvalue weighted by Gasteiger charge is -2.07. The molecule has 0 aliphatic rings. The number of hydrogen-bond donors (Lipinski definition) is 1. The Morgan fingerprint density at radius 2 is 1.75 bits per heavy atom. The van der Waals surface area contributed by atoms with Crippen molar-refractivity contribution in [3.63, 3.8) is 0 Å². The van der Waals surface area contributed by atoms with Gasteiger partial charge in [0, 0.05) is 19.8 Å². The van der Waals surface area contributed by atoms with Crippen LogP contribution < -0.4 is 5.73 Å². The molecule has 0 spiro atoms. The number of halogens is 5. The number of rotatable bonds is 2. The van der Waals surface area contributed by atoms with Gasteiger partial charge < -0.3 is 10.3 Å². The average molecular weight is 291 g/mol. The van der Waals surface area contributed by atoms with Crippen molar-refractivity contribution in [1.29, 1.82) is 0 Å². The highest BCUT2D eigenvalue weighted by Gasteiger charge is 2.35. The van der Waals surface area contributed by atoms with E-state index in [1.165, 1.54) is 7.05 Å². The van der Waals surface area contributed by atoms with Gasteiger partial charge in [0.2, 0.25) is 0 Å². The van der Waals surface area contributed by atoms with Crippen LogP contribution in [-0.4, -0.2) is 9.55 Å². The molecule has 2 rings (SSSR count). The lowest BCUT2D eigenvalue weighted by Crippen LogP contribution is -2.05. The number of alkyl halides is 3.